The predicted octanol–water partition coefficient (Wildman–Crippen LogP) is 4.31. The highest BCUT2D eigenvalue weighted by Gasteiger charge is 2.20. The number of aromatic nitrogens is 2. The molecule has 3 rings (SSSR count). The van der Waals surface area contributed by atoms with Gasteiger partial charge in [0, 0.05) is 63.5 Å². The number of halogens is 1. The van der Waals surface area contributed by atoms with Crippen LogP contribution in [0, 0.1) is 5.82 Å². The first-order valence-corrected chi connectivity index (χ1v) is 11.4. The number of carbonyl (C=O) groups is 1. The Bertz CT molecular complexity index is 1170. The van der Waals surface area contributed by atoms with Crippen LogP contribution >= 0.6 is 11.8 Å². The SMILES string of the molecule is COc1ccc(CSc2nc(N(C)C)c(F)cc2C(=O)Nc2ccnc(N(C)C)c2)c(OC)c1. The molecule has 1 N–H and O–H groups in total. The molecule has 180 valence electrons. The first-order valence-electron chi connectivity index (χ1n) is 10.4. The van der Waals surface area contributed by atoms with Crippen molar-refractivity contribution < 1.29 is 18.7 Å². The van der Waals surface area contributed by atoms with Crippen LogP contribution in [0.15, 0.2) is 47.6 Å². The maximum absolute atomic E-state index is 14.8. The molecule has 0 radical (unpaired) electrons. The Hall–Kier alpha value is -3.53. The minimum Gasteiger partial charge on any atom is -0.497 e. The van der Waals surface area contributed by atoms with Crippen LogP contribution in [-0.2, 0) is 5.75 Å². The summed E-state index contributed by atoms with van der Waals surface area (Å²) < 4.78 is 25.5. The molecule has 10 heteroatoms. The number of pyridine rings is 2. The average Bonchev–Trinajstić information content (AvgIpc) is 2.82. The van der Waals surface area contributed by atoms with Gasteiger partial charge < -0.3 is 24.6 Å². The van der Waals surface area contributed by atoms with Crippen molar-refractivity contribution in [2.75, 3.05) is 57.5 Å². The number of ether oxygens (including phenoxy) is 2. The largest absolute Gasteiger partial charge is 0.497 e. The van der Waals surface area contributed by atoms with E-state index in [0.717, 1.165) is 5.56 Å². The number of hydrogen-bond donors (Lipinski definition) is 1. The van der Waals surface area contributed by atoms with Gasteiger partial charge in [-0.1, -0.05) is 6.07 Å². The number of thioether (sulfide) groups is 1. The van der Waals surface area contributed by atoms with Crippen molar-refractivity contribution in [1.29, 1.82) is 0 Å². The summed E-state index contributed by atoms with van der Waals surface area (Å²) in [7, 11) is 10.3. The number of hydrogen-bond acceptors (Lipinski definition) is 8. The summed E-state index contributed by atoms with van der Waals surface area (Å²) in [5, 5.41) is 3.23. The van der Waals surface area contributed by atoms with Crippen LogP contribution < -0.4 is 24.6 Å². The Morgan fingerprint density at radius 1 is 1.06 bits per heavy atom. The summed E-state index contributed by atoms with van der Waals surface area (Å²) in [6.07, 6.45) is 1.60. The summed E-state index contributed by atoms with van der Waals surface area (Å²) in [5.41, 5.74) is 1.58. The molecule has 8 nitrogen and oxygen atoms in total. The van der Waals surface area contributed by atoms with Gasteiger partial charge in [0.15, 0.2) is 11.6 Å². The molecule has 2 heterocycles. The molecule has 0 fully saturated rings. The number of nitrogens with zero attached hydrogens (tertiary/aromatic N) is 4. The van der Waals surface area contributed by atoms with Crippen molar-refractivity contribution in [1.82, 2.24) is 9.97 Å². The van der Waals surface area contributed by atoms with Gasteiger partial charge in [-0.05, 0) is 18.2 Å². The van der Waals surface area contributed by atoms with Crippen molar-refractivity contribution in [3.8, 4) is 11.5 Å². The molecule has 0 saturated carbocycles. The number of benzene rings is 1. The first-order chi connectivity index (χ1) is 16.2. The average molecular weight is 486 g/mol. The molecule has 0 unspecified atom stereocenters. The standard InChI is InChI=1S/C24H28FN5O3S/c1-29(2)21-11-16(9-10-26-21)27-23(31)18-13-19(25)22(30(3)4)28-24(18)34-14-15-7-8-17(32-5)12-20(15)33-6/h7-13H,14H2,1-6H3,(H,26,27,31). The minimum absolute atomic E-state index is 0.142. The lowest BCUT2D eigenvalue weighted by atomic mass is 10.2. The Balaban J connectivity index is 1.92. The van der Waals surface area contributed by atoms with E-state index in [9.17, 15) is 9.18 Å². The zero-order valence-electron chi connectivity index (χ0n) is 20.0. The fourth-order valence-corrected chi connectivity index (χ4v) is 4.09. The molecule has 0 aliphatic carbocycles. The van der Waals surface area contributed by atoms with Gasteiger partial charge in [0.05, 0.1) is 19.8 Å². The van der Waals surface area contributed by atoms with Gasteiger partial charge >= 0.3 is 0 Å². The molecule has 0 spiro atoms. The first kappa shape index (κ1) is 25.1. The summed E-state index contributed by atoms with van der Waals surface area (Å²) >= 11 is 1.32. The lowest BCUT2D eigenvalue weighted by molar-refractivity contribution is 0.102. The van der Waals surface area contributed by atoms with Crippen LogP contribution in [0.3, 0.4) is 0 Å². The summed E-state index contributed by atoms with van der Waals surface area (Å²) in [6, 6.07) is 10.2. The van der Waals surface area contributed by atoms with Crippen molar-refractivity contribution in [3.05, 3.63) is 59.5 Å². The fraction of sp³-hybridized carbons (Fsp3) is 0.292. The van der Waals surface area contributed by atoms with E-state index in [1.807, 2.05) is 31.1 Å². The molecule has 0 bridgehead atoms. The van der Waals surface area contributed by atoms with E-state index in [0.29, 0.717) is 33.8 Å². The lowest BCUT2D eigenvalue weighted by Gasteiger charge is -2.17. The molecular formula is C24H28FN5O3S. The van der Waals surface area contributed by atoms with Crippen LogP contribution in [0.2, 0.25) is 0 Å². The highest BCUT2D eigenvalue weighted by molar-refractivity contribution is 7.98. The van der Waals surface area contributed by atoms with Crippen molar-refractivity contribution in [3.63, 3.8) is 0 Å². The highest BCUT2D eigenvalue weighted by atomic mass is 32.2. The molecule has 1 amide bonds. The van der Waals surface area contributed by atoms with E-state index >= 15 is 0 Å². The zero-order valence-corrected chi connectivity index (χ0v) is 20.9. The second-order valence-electron chi connectivity index (χ2n) is 7.76. The molecular weight excluding hydrogens is 457 g/mol. The molecule has 0 saturated heterocycles. The minimum atomic E-state index is -0.578. The molecule has 1 aromatic carbocycles. The van der Waals surface area contributed by atoms with E-state index in [1.54, 1.807) is 57.6 Å². The number of methoxy groups -OCH3 is 2. The van der Waals surface area contributed by atoms with E-state index in [1.165, 1.54) is 17.8 Å². The number of rotatable bonds is 9. The summed E-state index contributed by atoms with van der Waals surface area (Å²) in [5.74, 6) is 1.59. The smallest absolute Gasteiger partial charge is 0.258 e. The van der Waals surface area contributed by atoms with Gasteiger partial charge in [0.1, 0.15) is 22.3 Å². The third-order valence-corrected chi connectivity index (χ3v) is 5.95. The monoisotopic (exact) mass is 485 g/mol. The second kappa shape index (κ2) is 11.1. The molecule has 0 aliphatic heterocycles. The predicted molar refractivity (Wildman–Crippen MR) is 134 cm³/mol. The van der Waals surface area contributed by atoms with Gasteiger partial charge in [-0.3, -0.25) is 4.79 Å². The Kier molecular flexibility index (Phi) is 8.17. The van der Waals surface area contributed by atoms with Crippen LogP contribution in [0.25, 0.3) is 0 Å². The van der Waals surface area contributed by atoms with Gasteiger partial charge in [-0.2, -0.15) is 0 Å². The van der Waals surface area contributed by atoms with E-state index in [-0.39, 0.29) is 11.4 Å². The number of carbonyl (C=O) groups excluding carboxylic acids is 1. The topological polar surface area (TPSA) is 79.8 Å². The summed E-state index contributed by atoms with van der Waals surface area (Å²) in [6.45, 7) is 0. The Labute approximate surface area is 203 Å². The molecule has 0 aliphatic rings. The zero-order chi connectivity index (χ0) is 24.8. The van der Waals surface area contributed by atoms with E-state index < -0.39 is 11.7 Å². The maximum Gasteiger partial charge on any atom is 0.258 e. The van der Waals surface area contributed by atoms with E-state index in [4.69, 9.17) is 9.47 Å². The third kappa shape index (κ3) is 5.88. The number of amides is 1. The number of nitrogens with one attached hydrogen (secondary N) is 1. The van der Waals surface area contributed by atoms with Crippen LogP contribution in [-0.4, -0.2) is 58.3 Å². The summed E-state index contributed by atoms with van der Waals surface area (Å²) in [4.78, 5) is 25.2. The lowest BCUT2D eigenvalue weighted by Crippen LogP contribution is -2.18. The molecule has 0 atom stereocenters. The normalized spacial score (nSPS) is 10.6. The Morgan fingerprint density at radius 3 is 2.47 bits per heavy atom. The van der Waals surface area contributed by atoms with Gasteiger partial charge in [0.2, 0.25) is 0 Å². The maximum atomic E-state index is 14.8. The molecule has 2 aromatic heterocycles. The Morgan fingerprint density at radius 2 is 1.82 bits per heavy atom. The molecule has 3 aromatic rings. The van der Waals surface area contributed by atoms with Crippen molar-refractivity contribution in [2.45, 2.75) is 10.8 Å². The van der Waals surface area contributed by atoms with Crippen LogP contribution in [0.5, 0.6) is 11.5 Å². The van der Waals surface area contributed by atoms with Crippen LogP contribution in [0.4, 0.5) is 21.7 Å². The quantitative estimate of drug-likeness (QED) is 0.449. The van der Waals surface area contributed by atoms with Gasteiger partial charge in [-0.25, -0.2) is 14.4 Å². The third-order valence-electron chi connectivity index (χ3n) is 4.91. The van der Waals surface area contributed by atoms with Crippen molar-refractivity contribution in [2.24, 2.45) is 0 Å². The molecule has 34 heavy (non-hydrogen) atoms. The van der Waals surface area contributed by atoms with Crippen LogP contribution in [0.1, 0.15) is 15.9 Å². The second-order valence-corrected chi connectivity index (χ2v) is 8.72. The highest BCUT2D eigenvalue weighted by Crippen LogP contribution is 2.33. The fourth-order valence-electron chi connectivity index (χ4n) is 3.11. The number of anilines is 3. The van der Waals surface area contributed by atoms with Gasteiger partial charge in [0.25, 0.3) is 5.91 Å². The van der Waals surface area contributed by atoms with Crippen molar-refractivity contribution >= 4 is 35.0 Å². The van der Waals surface area contributed by atoms with Gasteiger partial charge in [-0.15, -0.1) is 11.8 Å². The van der Waals surface area contributed by atoms with E-state index in [2.05, 4.69) is 15.3 Å².